The van der Waals surface area contributed by atoms with Gasteiger partial charge in [0, 0.05) is 30.4 Å². The molecule has 0 bridgehead atoms. The first-order valence-electron chi connectivity index (χ1n) is 8.75. The summed E-state index contributed by atoms with van der Waals surface area (Å²) in [6.07, 6.45) is 2.40. The van der Waals surface area contributed by atoms with E-state index in [9.17, 15) is 9.59 Å². The van der Waals surface area contributed by atoms with Gasteiger partial charge in [-0.25, -0.2) is 5.10 Å². The van der Waals surface area contributed by atoms with Gasteiger partial charge < -0.3 is 10.2 Å². The third kappa shape index (κ3) is 3.84. The molecular weight excluding hydrogens is 344 g/mol. The highest BCUT2D eigenvalue weighted by Crippen LogP contribution is 2.22. The first-order chi connectivity index (χ1) is 13.2. The number of nitrogens with zero attached hydrogens (tertiary/aromatic N) is 4. The van der Waals surface area contributed by atoms with Crippen LogP contribution in [0, 0.1) is 0 Å². The van der Waals surface area contributed by atoms with Gasteiger partial charge in [0.15, 0.2) is 5.82 Å². The summed E-state index contributed by atoms with van der Waals surface area (Å²) in [7, 11) is 0. The summed E-state index contributed by atoms with van der Waals surface area (Å²) in [5, 5.41) is 17.3. The predicted molar refractivity (Wildman–Crippen MR) is 102 cm³/mol. The molecule has 0 unspecified atom stereocenters. The van der Waals surface area contributed by atoms with E-state index in [2.05, 4.69) is 30.6 Å². The van der Waals surface area contributed by atoms with E-state index in [-0.39, 0.29) is 11.3 Å². The molecule has 1 fully saturated rings. The Hall–Kier alpha value is -3.55. The van der Waals surface area contributed by atoms with Crippen molar-refractivity contribution < 1.29 is 4.79 Å². The maximum absolute atomic E-state index is 12.1. The number of carbonyl (C=O) groups excluding carboxylic acids is 1. The van der Waals surface area contributed by atoms with Gasteiger partial charge in [-0.1, -0.05) is 12.1 Å². The molecule has 2 aromatic heterocycles. The first-order valence-corrected chi connectivity index (χ1v) is 8.75. The molecule has 2 N–H and O–H groups in total. The number of nitrogens with one attached hydrogen (secondary N) is 2. The van der Waals surface area contributed by atoms with E-state index >= 15 is 0 Å². The molecule has 8 heteroatoms. The van der Waals surface area contributed by atoms with Crippen LogP contribution in [0.4, 0.5) is 11.5 Å². The van der Waals surface area contributed by atoms with Crippen LogP contribution in [-0.4, -0.2) is 39.4 Å². The Morgan fingerprint density at radius 2 is 1.74 bits per heavy atom. The molecule has 136 valence electrons. The maximum atomic E-state index is 12.1. The lowest BCUT2D eigenvalue weighted by molar-refractivity contribution is 0.102. The van der Waals surface area contributed by atoms with Gasteiger partial charge in [-0.2, -0.15) is 5.10 Å². The minimum atomic E-state index is -0.395. The normalized spacial score (nSPS) is 13.6. The fourth-order valence-corrected chi connectivity index (χ4v) is 2.98. The van der Waals surface area contributed by atoms with Gasteiger partial charge in [0.1, 0.15) is 5.69 Å². The Labute approximate surface area is 155 Å². The molecular formula is C19H18N6O2. The largest absolute Gasteiger partial charge is 0.355 e. The number of carbonyl (C=O) groups is 1. The highest BCUT2D eigenvalue weighted by molar-refractivity contribution is 6.02. The van der Waals surface area contributed by atoms with Gasteiger partial charge >= 0.3 is 0 Å². The number of aromatic nitrogens is 4. The van der Waals surface area contributed by atoms with Crippen LogP contribution in [-0.2, 0) is 0 Å². The Kier molecular flexibility index (Phi) is 4.61. The number of amides is 1. The molecule has 1 saturated heterocycles. The third-order valence-electron chi connectivity index (χ3n) is 4.43. The van der Waals surface area contributed by atoms with Crippen LogP contribution in [0.15, 0.2) is 53.3 Å². The van der Waals surface area contributed by atoms with Crippen LogP contribution in [0.2, 0.25) is 0 Å². The summed E-state index contributed by atoms with van der Waals surface area (Å²) in [6, 6.07) is 13.9. The van der Waals surface area contributed by atoms with Crippen molar-refractivity contribution in [3.05, 3.63) is 64.6 Å². The molecule has 0 atom stereocenters. The molecule has 0 radical (unpaired) electrons. The minimum Gasteiger partial charge on any atom is -0.355 e. The second-order valence-electron chi connectivity index (χ2n) is 6.31. The molecule has 27 heavy (non-hydrogen) atoms. The number of hydrogen-bond donors (Lipinski definition) is 2. The van der Waals surface area contributed by atoms with E-state index < -0.39 is 5.91 Å². The second-order valence-corrected chi connectivity index (χ2v) is 6.31. The van der Waals surface area contributed by atoms with Crippen LogP contribution < -0.4 is 15.8 Å². The van der Waals surface area contributed by atoms with Gasteiger partial charge in [0.2, 0.25) is 0 Å². The molecule has 1 aliphatic rings. The Morgan fingerprint density at radius 3 is 2.37 bits per heavy atom. The number of benzene rings is 1. The van der Waals surface area contributed by atoms with E-state index in [1.807, 2.05) is 24.3 Å². The van der Waals surface area contributed by atoms with Crippen molar-refractivity contribution in [3.63, 3.8) is 0 Å². The van der Waals surface area contributed by atoms with Crippen molar-refractivity contribution in [1.82, 2.24) is 20.4 Å². The fourth-order valence-electron chi connectivity index (χ4n) is 2.98. The zero-order chi connectivity index (χ0) is 18.6. The van der Waals surface area contributed by atoms with Gasteiger partial charge in [-0.15, -0.1) is 10.2 Å². The van der Waals surface area contributed by atoms with Crippen LogP contribution in [0.1, 0.15) is 23.3 Å². The molecule has 0 aliphatic carbocycles. The SMILES string of the molecule is O=C(Nc1ccc(-c2ccc(N3CCCC3)nn2)cc1)c1ccc(=O)[nH]n1. The Balaban J connectivity index is 1.44. The summed E-state index contributed by atoms with van der Waals surface area (Å²) in [5.41, 5.74) is 2.10. The van der Waals surface area contributed by atoms with Gasteiger partial charge in [-0.05, 0) is 43.2 Å². The van der Waals surface area contributed by atoms with E-state index in [4.69, 9.17) is 0 Å². The van der Waals surface area contributed by atoms with Crippen molar-refractivity contribution in [2.24, 2.45) is 0 Å². The summed E-state index contributed by atoms with van der Waals surface area (Å²) in [5.74, 6) is 0.516. The van der Waals surface area contributed by atoms with Gasteiger partial charge in [-0.3, -0.25) is 9.59 Å². The summed E-state index contributed by atoms with van der Waals surface area (Å²) < 4.78 is 0. The maximum Gasteiger partial charge on any atom is 0.276 e. The molecule has 3 heterocycles. The van der Waals surface area contributed by atoms with E-state index in [0.29, 0.717) is 5.69 Å². The van der Waals surface area contributed by atoms with E-state index in [1.54, 1.807) is 12.1 Å². The van der Waals surface area contributed by atoms with Crippen LogP contribution >= 0.6 is 0 Å². The fraction of sp³-hybridized carbons (Fsp3) is 0.211. The lowest BCUT2D eigenvalue weighted by atomic mass is 10.1. The van der Waals surface area contributed by atoms with Crippen molar-refractivity contribution in [3.8, 4) is 11.3 Å². The quantitative estimate of drug-likeness (QED) is 0.736. The van der Waals surface area contributed by atoms with E-state index in [1.165, 1.54) is 25.0 Å². The molecule has 0 saturated carbocycles. The van der Waals surface area contributed by atoms with Crippen LogP contribution in [0.3, 0.4) is 0 Å². The number of aromatic amines is 1. The second kappa shape index (κ2) is 7.36. The number of anilines is 2. The van der Waals surface area contributed by atoms with E-state index in [0.717, 1.165) is 30.2 Å². The molecule has 1 aromatic carbocycles. The van der Waals surface area contributed by atoms with Gasteiger partial charge in [0.25, 0.3) is 11.5 Å². The summed E-state index contributed by atoms with van der Waals surface area (Å²) in [4.78, 5) is 25.4. The van der Waals surface area contributed by atoms with Crippen LogP contribution in [0.25, 0.3) is 11.3 Å². The lowest BCUT2D eigenvalue weighted by Crippen LogP contribution is -2.19. The van der Waals surface area contributed by atoms with Crippen molar-refractivity contribution in [2.45, 2.75) is 12.8 Å². The summed E-state index contributed by atoms with van der Waals surface area (Å²) >= 11 is 0. The number of rotatable bonds is 4. The minimum absolute atomic E-state index is 0.141. The molecule has 4 rings (SSSR count). The Bertz CT molecular complexity index is 971. The zero-order valence-corrected chi connectivity index (χ0v) is 14.6. The molecule has 1 aliphatic heterocycles. The zero-order valence-electron chi connectivity index (χ0n) is 14.6. The molecule has 3 aromatic rings. The standard InChI is InChI=1S/C19H18N6O2/c26-18-10-8-16(22-24-18)19(27)20-14-5-3-13(4-6-14)15-7-9-17(23-21-15)25-11-1-2-12-25/h3-10H,1-2,11-12H2,(H,20,27)(H,24,26). The average molecular weight is 362 g/mol. The molecule has 0 spiro atoms. The van der Waals surface area contributed by atoms with Crippen molar-refractivity contribution >= 4 is 17.4 Å². The molecule has 1 amide bonds. The lowest BCUT2D eigenvalue weighted by Gasteiger charge is -2.15. The van der Waals surface area contributed by atoms with Crippen LogP contribution in [0.5, 0.6) is 0 Å². The molecule has 8 nitrogen and oxygen atoms in total. The monoisotopic (exact) mass is 362 g/mol. The topological polar surface area (TPSA) is 104 Å². The smallest absolute Gasteiger partial charge is 0.276 e. The highest BCUT2D eigenvalue weighted by Gasteiger charge is 2.14. The number of hydrogen-bond acceptors (Lipinski definition) is 6. The van der Waals surface area contributed by atoms with Crippen molar-refractivity contribution in [2.75, 3.05) is 23.3 Å². The third-order valence-corrected chi connectivity index (χ3v) is 4.43. The predicted octanol–water partition coefficient (Wildman–Crippen LogP) is 2.08. The first kappa shape index (κ1) is 16.9. The average Bonchev–Trinajstić information content (AvgIpc) is 3.24. The Morgan fingerprint density at radius 1 is 0.963 bits per heavy atom. The summed E-state index contributed by atoms with van der Waals surface area (Å²) in [6.45, 7) is 2.07. The van der Waals surface area contributed by atoms with Crippen molar-refractivity contribution in [1.29, 1.82) is 0 Å². The number of H-pyrrole nitrogens is 1. The highest BCUT2D eigenvalue weighted by atomic mass is 16.2. The van der Waals surface area contributed by atoms with Gasteiger partial charge in [0.05, 0.1) is 5.69 Å².